The predicted octanol–water partition coefficient (Wildman–Crippen LogP) is 10.4. The van der Waals surface area contributed by atoms with E-state index in [-0.39, 0.29) is 19.1 Å². The summed E-state index contributed by atoms with van der Waals surface area (Å²) in [5.74, 6) is -0.195. The molecule has 3 atom stereocenters. The number of allylic oxidation sites excluding steroid dienone is 5. The third kappa shape index (κ3) is 34.9. The van der Waals surface area contributed by atoms with E-state index in [9.17, 15) is 19.4 Å². The Morgan fingerprint density at radius 2 is 1.12 bits per heavy atom. The molecule has 0 radical (unpaired) electrons. The van der Waals surface area contributed by atoms with Crippen LogP contribution in [0.25, 0.3) is 0 Å². The molecular weight excluding hydrogens is 635 g/mol. The van der Waals surface area contributed by atoms with Crippen LogP contribution in [0, 0.1) is 0 Å². The second kappa shape index (κ2) is 32.6. The number of hydrogen-bond acceptors (Lipinski definition) is 5. The third-order valence-corrected chi connectivity index (χ3v) is 9.57. The van der Waals surface area contributed by atoms with Gasteiger partial charge in [-0.15, -0.1) is 0 Å². The molecule has 1 amide bonds. The van der Waals surface area contributed by atoms with Crippen molar-refractivity contribution in [1.82, 2.24) is 5.32 Å². The summed E-state index contributed by atoms with van der Waals surface area (Å²) >= 11 is 0. The van der Waals surface area contributed by atoms with Gasteiger partial charge in [0.25, 0.3) is 0 Å². The number of aliphatic hydroxyl groups is 1. The number of aliphatic hydroxyl groups excluding tert-OH is 1. The van der Waals surface area contributed by atoms with E-state index in [1.165, 1.54) is 103 Å². The number of phosphoric ester groups is 1. The average molecular weight is 714 g/mol. The highest BCUT2D eigenvalue weighted by atomic mass is 31.2. The maximum atomic E-state index is 12.8. The van der Waals surface area contributed by atoms with Crippen molar-refractivity contribution in [3.8, 4) is 0 Å². The Balaban J connectivity index is 4.55. The Hall–Kier alpha value is -1.28. The molecule has 0 aliphatic heterocycles. The number of likely N-dealkylation sites (N-methyl/N-ethyl adjacent to an activating group) is 1. The maximum Gasteiger partial charge on any atom is 0.472 e. The Morgan fingerprint density at radius 1 is 0.673 bits per heavy atom. The molecule has 0 aliphatic rings. The maximum absolute atomic E-state index is 12.8. The van der Waals surface area contributed by atoms with Crippen LogP contribution in [0.1, 0.15) is 162 Å². The molecule has 49 heavy (non-hydrogen) atoms. The minimum absolute atomic E-state index is 0.0549. The standard InChI is InChI=1S/C40H77N2O6P/c1-6-8-10-12-14-16-18-20-21-22-24-26-28-30-32-34-40(44)41-38(37-48-49(45,46)47-36-35-42(3,4)5)39(43)33-31-29-27-25-23-19-17-15-13-11-9-7-2/h16,18,23,25,31,33,38-39,43H,6-15,17,19-22,24,26-30,32,34-37H2,1-5H3,(H-,41,44,45,46)/p+1/b18-16-,25-23+,33-31+. The van der Waals surface area contributed by atoms with Crippen LogP contribution in [0.2, 0.25) is 0 Å². The highest BCUT2D eigenvalue weighted by Crippen LogP contribution is 2.43. The molecule has 8 nitrogen and oxygen atoms in total. The lowest BCUT2D eigenvalue weighted by Crippen LogP contribution is -2.45. The van der Waals surface area contributed by atoms with Gasteiger partial charge in [0.05, 0.1) is 39.9 Å². The summed E-state index contributed by atoms with van der Waals surface area (Å²) in [4.78, 5) is 23.0. The number of hydrogen-bond donors (Lipinski definition) is 3. The Bertz CT molecular complexity index is 902. The number of carbonyl (C=O) groups excluding carboxylic acids is 1. The van der Waals surface area contributed by atoms with Crippen molar-refractivity contribution in [2.24, 2.45) is 0 Å². The van der Waals surface area contributed by atoms with Crippen molar-refractivity contribution in [2.45, 2.75) is 174 Å². The van der Waals surface area contributed by atoms with E-state index >= 15 is 0 Å². The first-order chi connectivity index (χ1) is 23.5. The summed E-state index contributed by atoms with van der Waals surface area (Å²) in [6.07, 6.45) is 37.8. The fraction of sp³-hybridized carbons (Fsp3) is 0.825. The minimum Gasteiger partial charge on any atom is -0.387 e. The second-order valence-electron chi connectivity index (χ2n) is 14.6. The van der Waals surface area contributed by atoms with E-state index < -0.39 is 20.0 Å². The van der Waals surface area contributed by atoms with Crippen molar-refractivity contribution >= 4 is 13.7 Å². The van der Waals surface area contributed by atoms with Gasteiger partial charge >= 0.3 is 7.82 Å². The quantitative estimate of drug-likeness (QED) is 0.0261. The molecule has 0 aromatic carbocycles. The second-order valence-corrected chi connectivity index (χ2v) is 16.1. The lowest BCUT2D eigenvalue weighted by molar-refractivity contribution is -0.870. The first-order valence-corrected chi connectivity index (χ1v) is 21.4. The number of phosphoric acid groups is 1. The molecule has 0 rings (SSSR count). The monoisotopic (exact) mass is 714 g/mol. The molecule has 0 aromatic heterocycles. The molecule has 3 N–H and O–H groups in total. The van der Waals surface area contributed by atoms with Gasteiger partial charge in [-0.05, 0) is 57.8 Å². The van der Waals surface area contributed by atoms with Crippen LogP contribution < -0.4 is 5.32 Å². The van der Waals surface area contributed by atoms with E-state index in [0.717, 1.165) is 38.5 Å². The highest BCUT2D eigenvalue weighted by Gasteiger charge is 2.27. The van der Waals surface area contributed by atoms with Gasteiger partial charge in [0.2, 0.25) is 5.91 Å². The smallest absolute Gasteiger partial charge is 0.387 e. The van der Waals surface area contributed by atoms with Crippen LogP contribution >= 0.6 is 7.82 Å². The number of unbranched alkanes of at least 4 members (excludes halogenated alkanes) is 18. The first kappa shape index (κ1) is 47.7. The van der Waals surface area contributed by atoms with Gasteiger partial charge in [-0.2, -0.15) is 0 Å². The average Bonchev–Trinajstić information content (AvgIpc) is 3.04. The summed E-state index contributed by atoms with van der Waals surface area (Å²) in [5.41, 5.74) is 0. The summed E-state index contributed by atoms with van der Waals surface area (Å²) in [7, 11) is 1.55. The van der Waals surface area contributed by atoms with Crippen molar-refractivity contribution < 1.29 is 32.9 Å². The van der Waals surface area contributed by atoms with Crippen LogP contribution in [0.4, 0.5) is 0 Å². The van der Waals surface area contributed by atoms with Gasteiger partial charge in [-0.1, -0.05) is 134 Å². The van der Waals surface area contributed by atoms with Crippen molar-refractivity contribution in [2.75, 3.05) is 40.9 Å². The minimum atomic E-state index is -4.34. The fourth-order valence-electron chi connectivity index (χ4n) is 5.34. The third-order valence-electron chi connectivity index (χ3n) is 8.58. The van der Waals surface area contributed by atoms with E-state index in [4.69, 9.17) is 9.05 Å². The molecule has 0 fully saturated rings. The summed E-state index contributed by atoms with van der Waals surface area (Å²) in [5, 5.41) is 13.7. The lowest BCUT2D eigenvalue weighted by atomic mass is 10.1. The molecular formula is C40H78N2O6P+. The topological polar surface area (TPSA) is 105 Å². The molecule has 3 unspecified atom stereocenters. The Labute approximate surface area is 302 Å². The lowest BCUT2D eigenvalue weighted by Gasteiger charge is -2.25. The van der Waals surface area contributed by atoms with Crippen molar-refractivity contribution in [1.29, 1.82) is 0 Å². The predicted molar refractivity (Wildman–Crippen MR) is 208 cm³/mol. The van der Waals surface area contributed by atoms with Crippen LogP contribution in [-0.4, -0.2) is 73.4 Å². The molecule has 288 valence electrons. The molecule has 9 heteroatoms. The van der Waals surface area contributed by atoms with E-state index in [2.05, 4.69) is 43.5 Å². The number of rotatable bonds is 35. The SMILES string of the molecule is CCCCCC/C=C\CCCCCCCCCC(=O)NC(COP(=O)(O)OCC[N+](C)(C)C)C(O)/C=C/CC/C=C/CCCCCCCC. The van der Waals surface area contributed by atoms with Gasteiger partial charge in [0.1, 0.15) is 13.2 Å². The number of nitrogens with zero attached hydrogens (tertiary/aromatic N) is 1. The van der Waals surface area contributed by atoms with Gasteiger partial charge in [0.15, 0.2) is 0 Å². The normalized spacial score (nSPS) is 15.0. The van der Waals surface area contributed by atoms with Gasteiger partial charge in [-0.3, -0.25) is 13.8 Å². The number of amides is 1. The number of quaternary nitrogens is 1. The first-order valence-electron chi connectivity index (χ1n) is 19.9. The highest BCUT2D eigenvalue weighted by molar-refractivity contribution is 7.47. The molecule has 0 spiro atoms. The Kier molecular flexibility index (Phi) is 31.8. The zero-order chi connectivity index (χ0) is 36.5. The van der Waals surface area contributed by atoms with E-state index in [1.807, 2.05) is 27.2 Å². The molecule has 0 saturated heterocycles. The van der Waals surface area contributed by atoms with Crippen LogP contribution in [0.5, 0.6) is 0 Å². The van der Waals surface area contributed by atoms with Gasteiger partial charge in [0, 0.05) is 6.42 Å². The Morgan fingerprint density at radius 3 is 1.65 bits per heavy atom. The number of nitrogens with one attached hydrogen (secondary N) is 1. The van der Waals surface area contributed by atoms with Crippen LogP contribution in [0.15, 0.2) is 36.5 Å². The summed E-state index contributed by atoms with van der Waals surface area (Å²) in [6, 6.07) is -0.861. The number of carbonyl (C=O) groups is 1. The fourth-order valence-corrected chi connectivity index (χ4v) is 6.08. The largest absolute Gasteiger partial charge is 0.472 e. The zero-order valence-corrected chi connectivity index (χ0v) is 33.3. The van der Waals surface area contributed by atoms with Gasteiger partial charge < -0.3 is 19.8 Å². The molecule has 0 bridgehead atoms. The summed E-state index contributed by atoms with van der Waals surface area (Å²) < 4.78 is 23.4. The van der Waals surface area contributed by atoms with Crippen molar-refractivity contribution in [3.63, 3.8) is 0 Å². The summed E-state index contributed by atoms with van der Waals surface area (Å²) in [6.45, 7) is 4.74. The molecule has 0 heterocycles. The van der Waals surface area contributed by atoms with Crippen LogP contribution in [0.3, 0.4) is 0 Å². The molecule has 0 aliphatic carbocycles. The van der Waals surface area contributed by atoms with Crippen molar-refractivity contribution in [3.05, 3.63) is 36.5 Å². The van der Waals surface area contributed by atoms with Gasteiger partial charge in [-0.25, -0.2) is 4.57 Å². The molecule has 0 saturated carbocycles. The molecule has 0 aromatic rings. The van der Waals surface area contributed by atoms with Crippen LogP contribution in [-0.2, 0) is 18.4 Å². The van der Waals surface area contributed by atoms with E-state index in [0.29, 0.717) is 17.4 Å². The zero-order valence-electron chi connectivity index (χ0n) is 32.4. The van der Waals surface area contributed by atoms with E-state index in [1.54, 1.807) is 6.08 Å².